The summed E-state index contributed by atoms with van der Waals surface area (Å²) >= 11 is 0. The molecule has 1 aliphatic rings. The molecule has 9 heteroatoms. The van der Waals surface area contributed by atoms with E-state index < -0.39 is 0 Å². The second-order valence-corrected chi connectivity index (χ2v) is 7.14. The lowest BCUT2D eigenvalue weighted by Crippen LogP contribution is -2.41. The monoisotopic (exact) mass is 396 g/mol. The number of rotatable bonds is 5. The standard InChI is InChI=1S/C20H24N6O3/c1-14-21-19(29-24-14)16-4-3-10-25(13-16)20(27)22-18-9-11-26(23-18)12-15-5-7-17(28-2)8-6-15/h5-9,11,16H,3-4,10,12-13H2,1-2H3,(H,22,23,27). The largest absolute Gasteiger partial charge is 0.497 e. The molecule has 2 aromatic heterocycles. The highest BCUT2D eigenvalue weighted by Gasteiger charge is 2.28. The van der Waals surface area contributed by atoms with E-state index in [1.807, 2.05) is 30.5 Å². The highest BCUT2D eigenvalue weighted by molar-refractivity contribution is 5.88. The normalized spacial score (nSPS) is 16.6. The Morgan fingerprint density at radius 1 is 1.31 bits per heavy atom. The Bertz CT molecular complexity index is 965. The van der Waals surface area contributed by atoms with E-state index in [4.69, 9.17) is 9.26 Å². The van der Waals surface area contributed by atoms with Gasteiger partial charge in [-0.2, -0.15) is 10.1 Å². The third-order valence-corrected chi connectivity index (χ3v) is 4.98. The van der Waals surface area contributed by atoms with Crippen molar-refractivity contribution in [2.24, 2.45) is 0 Å². The third kappa shape index (κ3) is 4.56. The van der Waals surface area contributed by atoms with Crippen LogP contribution in [-0.2, 0) is 6.54 Å². The van der Waals surface area contributed by atoms with Crippen LogP contribution in [0.1, 0.15) is 36.0 Å². The average Bonchev–Trinajstić information content (AvgIpc) is 3.37. The van der Waals surface area contributed by atoms with Crippen molar-refractivity contribution in [3.05, 3.63) is 53.8 Å². The molecule has 0 aliphatic carbocycles. The minimum atomic E-state index is -0.166. The molecule has 0 bridgehead atoms. The van der Waals surface area contributed by atoms with E-state index in [0.29, 0.717) is 37.2 Å². The number of hydrogen-bond acceptors (Lipinski definition) is 6. The number of methoxy groups -OCH3 is 1. The lowest BCUT2D eigenvalue weighted by Gasteiger charge is -2.30. The molecule has 9 nitrogen and oxygen atoms in total. The highest BCUT2D eigenvalue weighted by Crippen LogP contribution is 2.26. The predicted molar refractivity (Wildman–Crippen MR) is 106 cm³/mol. The number of aromatic nitrogens is 4. The molecule has 0 spiro atoms. The van der Waals surface area contributed by atoms with Crippen LogP contribution in [0, 0.1) is 6.92 Å². The minimum Gasteiger partial charge on any atom is -0.497 e. The van der Waals surface area contributed by atoms with Crippen molar-refractivity contribution in [2.75, 3.05) is 25.5 Å². The maximum atomic E-state index is 12.7. The van der Waals surface area contributed by atoms with Crippen LogP contribution in [-0.4, -0.2) is 51.1 Å². The molecule has 1 fully saturated rings. The smallest absolute Gasteiger partial charge is 0.323 e. The summed E-state index contributed by atoms with van der Waals surface area (Å²) in [5.74, 6) is 2.63. The molecule has 1 atom stereocenters. The van der Waals surface area contributed by atoms with Crippen LogP contribution < -0.4 is 10.1 Å². The number of hydrogen-bond donors (Lipinski definition) is 1. The van der Waals surface area contributed by atoms with Gasteiger partial charge >= 0.3 is 6.03 Å². The van der Waals surface area contributed by atoms with Gasteiger partial charge in [0.2, 0.25) is 5.89 Å². The second kappa shape index (κ2) is 8.34. The SMILES string of the molecule is COc1ccc(Cn2ccc(NC(=O)N3CCCC(c4nc(C)no4)C3)n2)cc1. The molecule has 1 unspecified atom stereocenters. The van der Waals surface area contributed by atoms with Crippen LogP contribution in [0.25, 0.3) is 0 Å². The first-order valence-corrected chi connectivity index (χ1v) is 9.63. The number of urea groups is 1. The lowest BCUT2D eigenvalue weighted by atomic mass is 9.98. The van der Waals surface area contributed by atoms with Gasteiger partial charge in [-0.25, -0.2) is 4.79 Å². The maximum Gasteiger partial charge on any atom is 0.323 e. The first kappa shape index (κ1) is 19.0. The molecular formula is C20H24N6O3. The number of ether oxygens (including phenoxy) is 1. The Balaban J connectivity index is 1.34. The summed E-state index contributed by atoms with van der Waals surface area (Å²) in [5.41, 5.74) is 1.10. The molecule has 1 aromatic carbocycles. The number of nitrogens with zero attached hydrogens (tertiary/aromatic N) is 5. The fourth-order valence-electron chi connectivity index (χ4n) is 3.47. The molecule has 1 saturated heterocycles. The van der Waals surface area contributed by atoms with Crippen molar-refractivity contribution >= 4 is 11.8 Å². The van der Waals surface area contributed by atoms with Gasteiger partial charge in [-0.1, -0.05) is 17.3 Å². The molecular weight excluding hydrogens is 372 g/mol. The first-order valence-electron chi connectivity index (χ1n) is 9.63. The van der Waals surface area contributed by atoms with Gasteiger partial charge in [0.25, 0.3) is 0 Å². The van der Waals surface area contributed by atoms with Gasteiger partial charge in [0, 0.05) is 25.4 Å². The maximum absolute atomic E-state index is 12.7. The van der Waals surface area contributed by atoms with E-state index >= 15 is 0 Å². The zero-order valence-electron chi connectivity index (χ0n) is 16.5. The van der Waals surface area contributed by atoms with Crippen molar-refractivity contribution in [1.29, 1.82) is 0 Å². The van der Waals surface area contributed by atoms with Crippen molar-refractivity contribution in [3.63, 3.8) is 0 Å². The van der Waals surface area contributed by atoms with E-state index in [1.54, 1.807) is 29.7 Å². The van der Waals surface area contributed by atoms with E-state index in [-0.39, 0.29) is 11.9 Å². The van der Waals surface area contributed by atoms with Crippen LogP contribution in [0.2, 0.25) is 0 Å². The fraction of sp³-hybridized carbons (Fsp3) is 0.400. The molecule has 2 amide bonds. The van der Waals surface area contributed by atoms with Crippen molar-refractivity contribution < 1.29 is 14.1 Å². The molecule has 1 N–H and O–H groups in total. The third-order valence-electron chi connectivity index (χ3n) is 4.98. The number of amides is 2. The molecule has 0 radical (unpaired) electrons. The van der Waals surface area contributed by atoms with Crippen LogP contribution in [0.3, 0.4) is 0 Å². The first-order chi connectivity index (χ1) is 14.1. The van der Waals surface area contributed by atoms with Gasteiger partial charge in [-0.15, -0.1) is 0 Å². The van der Waals surface area contributed by atoms with Gasteiger partial charge in [-0.05, 0) is 37.5 Å². The van der Waals surface area contributed by atoms with Gasteiger partial charge < -0.3 is 14.2 Å². The Hall–Kier alpha value is -3.36. The summed E-state index contributed by atoms with van der Waals surface area (Å²) in [6, 6.07) is 9.45. The number of aryl methyl sites for hydroxylation is 1. The molecule has 1 aliphatic heterocycles. The number of carbonyl (C=O) groups excluding carboxylic acids is 1. The topological polar surface area (TPSA) is 98.3 Å². The average molecular weight is 396 g/mol. The zero-order chi connectivity index (χ0) is 20.2. The van der Waals surface area contributed by atoms with Crippen LogP contribution in [0.5, 0.6) is 5.75 Å². The summed E-state index contributed by atoms with van der Waals surface area (Å²) in [4.78, 5) is 18.8. The van der Waals surface area contributed by atoms with Gasteiger partial charge in [-0.3, -0.25) is 10.00 Å². The van der Waals surface area contributed by atoms with Crippen LogP contribution in [0.4, 0.5) is 10.6 Å². The van der Waals surface area contributed by atoms with Crippen LogP contribution >= 0.6 is 0 Å². The van der Waals surface area contributed by atoms with Gasteiger partial charge in [0.15, 0.2) is 11.6 Å². The molecule has 3 heterocycles. The fourth-order valence-corrected chi connectivity index (χ4v) is 3.47. The zero-order valence-corrected chi connectivity index (χ0v) is 16.5. The summed E-state index contributed by atoms with van der Waals surface area (Å²) in [6.07, 6.45) is 3.67. The number of nitrogens with one attached hydrogen (secondary N) is 1. The number of likely N-dealkylation sites (tertiary alicyclic amines) is 1. The minimum absolute atomic E-state index is 0.0725. The highest BCUT2D eigenvalue weighted by atomic mass is 16.5. The number of anilines is 1. The second-order valence-electron chi connectivity index (χ2n) is 7.14. The van der Waals surface area contributed by atoms with E-state index in [9.17, 15) is 4.79 Å². The summed E-state index contributed by atoms with van der Waals surface area (Å²) in [6.45, 7) is 3.66. The molecule has 0 saturated carbocycles. The summed E-state index contributed by atoms with van der Waals surface area (Å²) < 4.78 is 12.2. The molecule has 3 aromatic rings. The summed E-state index contributed by atoms with van der Waals surface area (Å²) in [5, 5.41) is 11.2. The Morgan fingerprint density at radius 3 is 2.86 bits per heavy atom. The lowest BCUT2D eigenvalue weighted by molar-refractivity contribution is 0.184. The Labute approximate surface area is 168 Å². The van der Waals surface area contributed by atoms with Gasteiger partial charge in [0.05, 0.1) is 19.6 Å². The van der Waals surface area contributed by atoms with Crippen LogP contribution in [0.15, 0.2) is 41.1 Å². The molecule has 4 rings (SSSR count). The number of carbonyl (C=O) groups is 1. The number of benzene rings is 1. The Kier molecular flexibility index (Phi) is 5.46. The van der Waals surface area contributed by atoms with Gasteiger partial charge in [0.1, 0.15) is 5.75 Å². The van der Waals surface area contributed by atoms with E-state index in [1.165, 1.54) is 0 Å². The quantitative estimate of drug-likeness (QED) is 0.712. The Morgan fingerprint density at radius 2 is 2.14 bits per heavy atom. The molecule has 29 heavy (non-hydrogen) atoms. The van der Waals surface area contributed by atoms with Crippen molar-refractivity contribution in [2.45, 2.75) is 32.2 Å². The predicted octanol–water partition coefficient (Wildman–Crippen LogP) is 3.04. The van der Waals surface area contributed by atoms with Crippen molar-refractivity contribution in [3.8, 4) is 5.75 Å². The summed E-state index contributed by atoms with van der Waals surface area (Å²) in [7, 11) is 1.64. The van der Waals surface area contributed by atoms with Crippen molar-refractivity contribution in [1.82, 2.24) is 24.8 Å². The van der Waals surface area contributed by atoms with E-state index in [2.05, 4.69) is 20.6 Å². The van der Waals surface area contributed by atoms with E-state index in [0.717, 1.165) is 24.2 Å². The molecule has 152 valence electrons. The number of piperidine rings is 1.